The largest absolute Gasteiger partial charge is 0.481 e. The van der Waals surface area contributed by atoms with Gasteiger partial charge >= 0.3 is 0 Å². The summed E-state index contributed by atoms with van der Waals surface area (Å²) in [6.45, 7) is 2.96. The van der Waals surface area contributed by atoms with Gasteiger partial charge in [-0.3, -0.25) is 4.55 Å². The molecule has 0 aromatic carbocycles. The Bertz CT molecular complexity index is 253. The van der Waals surface area contributed by atoms with E-state index in [-0.39, 0.29) is 5.95 Å². The van der Waals surface area contributed by atoms with Crippen molar-refractivity contribution >= 4 is 10.1 Å². The minimum absolute atomic E-state index is 0.355. The van der Waals surface area contributed by atoms with Gasteiger partial charge in [0.05, 0.1) is 0 Å². The Morgan fingerprint density at radius 2 is 2.17 bits per heavy atom. The zero-order chi connectivity index (χ0) is 9.78. The summed E-state index contributed by atoms with van der Waals surface area (Å²) in [5.41, 5.74) is 0. The number of allylic oxidation sites excluding steroid dienone is 1. The summed E-state index contributed by atoms with van der Waals surface area (Å²) in [7, 11) is -4.04. The van der Waals surface area contributed by atoms with Crippen LogP contribution < -0.4 is 0 Å². The standard InChI is InChI=1S/C6H12O5S/c1-3-6(7)11-5(2)4-12(8,9)10/h3,5,7H,4H2,1-2H3,(H,8,9,10). The molecule has 0 rings (SSSR count). The minimum Gasteiger partial charge on any atom is -0.481 e. The number of rotatable bonds is 4. The Hall–Kier alpha value is -0.750. The van der Waals surface area contributed by atoms with Crippen LogP contribution >= 0.6 is 0 Å². The molecular formula is C6H12O5S. The van der Waals surface area contributed by atoms with Crippen LogP contribution in [0, 0.1) is 0 Å². The van der Waals surface area contributed by atoms with Crippen LogP contribution in [0.4, 0.5) is 0 Å². The molecule has 2 N–H and O–H groups in total. The van der Waals surface area contributed by atoms with Gasteiger partial charge in [-0.2, -0.15) is 8.42 Å². The second-order valence-electron chi connectivity index (χ2n) is 2.30. The summed E-state index contributed by atoms with van der Waals surface area (Å²) in [5.74, 6) is -0.892. The second-order valence-corrected chi connectivity index (χ2v) is 3.80. The molecule has 6 heteroatoms. The van der Waals surface area contributed by atoms with Gasteiger partial charge in [0.25, 0.3) is 16.1 Å². The Balaban J connectivity index is 4.00. The maximum absolute atomic E-state index is 10.3. The van der Waals surface area contributed by atoms with Crippen molar-refractivity contribution in [3.05, 3.63) is 12.0 Å². The summed E-state index contributed by atoms with van der Waals surface area (Å²) >= 11 is 0. The SMILES string of the molecule is CC=C(O)OC(C)CS(=O)(=O)O. The monoisotopic (exact) mass is 196 g/mol. The zero-order valence-electron chi connectivity index (χ0n) is 6.89. The molecule has 1 atom stereocenters. The fourth-order valence-corrected chi connectivity index (χ4v) is 1.27. The lowest BCUT2D eigenvalue weighted by Crippen LogP contribution is -2.20. The molecule has 0 spiro atoms. The quantitative estimate of drug-likeness (QED) is 0.510. The van der Waals surface area contributed by atoms with Crippen molar-refractivity contribution in [3.8, 4) is 0 Å². The van der Waals surface area contributed by atoms with Gasteiger partial charge < -0.3 is 9.84 Å². The normalized spacial score (nSPS) is 15.8. The molecule has 0 aliphatic rings. The first-order chi connectivity index (χ1) is 5.35. The average Bonchev–Trinajstić information content (AvgIpc) is 1.82. The molecule has 0 amide bonds. The molecule has 5 nitrogen and oxygen atoms in total. The molecule has 0 radical (unpaired) electrons. The molecule has 0 heterocycles. The molecule has 0 bridgehead atoms. The van der Waals surface area contributed by atoms with Crippen LogP contribution in [-0.2, 0) is 14.9 Å². The molecular weight excluding hydrogens is 184 g/mol. The summed E-state index contributed by atoms with van der Waals surface area (Å²) in [6, 6.07) is 0. The highest BCUT2D eigenvalue weighted by Crippen LogP contribution is 2.01. The molecule has 72 valence electrons. The average molecular weight is 196 g/mol. The van der Waals surface area contributed by atoms with E-state index in [4.69, 9.17) is 9.66 Å². The maximum Gasteiger partial charge on any atom is 0.272 e. The lowest BCUT2D eigenvalue weighted by molar-refractivity contribution is 0.0525. The first kappa shape index (κ1) is 11.2. The molecule has 1 unspecified atom stereocenters. The van der Waals surface area contributed by atoms with E-state index in [1.165, 1.54) is 19.9 Å². The lowest BCUT2D eigenvalue weighted by atomic mass is 10.5. The third kappa shape index (κ3) is 5.99. The lowest BCUT2D eigenvalue weighted by Gasteiger charge is -2.10. The third-order valence-electron chi connectivity index (χ3n) is 1.01. The van der Waals surface area contributed by atoms with Crippen LogP contribution in [0.1, 0.15) is 13.8 Å². The van der Waals surface area contributed by atoms with E-state index in [0.29, 0.717) is 0 Å². The summed E-state index contributed by atoms with van der Waals surface area (Å²) in [5, 5.41) is 8.79. The molecule has 0 saturated carbocycles. The van der Waals surface area contributed by atoms with Crippen molar-refractivity contribution in [2.45, 2.75) is 20.0 Å². The highest BCUT2D eigenvalue weighted by Gasteiger charge is 2.13. The fraction of sp³-hybridized carbons (Fsp3) is 0.667. The van der Waals surface area contributed by atoms with Crippen molar-refractivity contribution in [3.63, 3.8) is 0 Å². The van der Waals surface area contributed by atoms with Crippen molar-refractivity contribution < 1.29 is 22.8 Å². The molecule has 0 aromatic heterocycles. The van der Waals surface area contributed by atoms with Crippen LogP contribution in [0.2, 0.25) is 0 Å². The number of ether oxygens (including phenoxy) is 1. The van der Waals surface area contributed by atoms with Crippen LogP contribution in [0.5, 0.6) is 0 Å². The van der Waals surface area contributed by atoms with Gasteiger partial charge in [-0.25, -0.2) is 0 Å². The highest BCUT2D eigenvalue weighted by molar-refractivity contribution is 7.85. The second kappa shape index (κ2) is 4.32. The number of hydrogen-bond donors (Lipinski definition) is 2. The minimum atomic E-state index is -4.04. The van der Waals surface area contributed by atoms with E-state index in [0.717, 1.165) is 0 Å². The number of aliphatic hydroxyl groups is 1. The van der Waals surface area contributed by atoms with Gasteiger partial charge in [-0.15, -0.1) is 0 Å². The van der Waals surface area contributed by atoms with E-state index in [9.17, 15) is 8.42 Å². The van der Waals surface area contributed by atoms with Crippen LogP contribution in [0.3, 0.4) is 0 Å². The molecule has 0 aliphatic heterocycles. The van der Waals surface area contributed by atoms with Crippen LogP contribution in [0.25, 0.3) is 0 Å². The highest BCUT2D eigenvalue weighted by atomic mass is 32.2. The predicted octanol–water partition coefficient (Wildman–Crippen LogP) is 0.699. The van der Waals surface area contributed by atoms with Gasteiger partial charge in [0.15, 0.2) is 0 Å². The Morgan fingerprint density at radius 3 is 2.50 bits per heavy atom. The molecule has 0 fully saturated rings. The Morgan fingerprint density at radius 1 is 1.67 bits per heavy atom. The first-order valence-corrected chi connectivity index (χ1v) is 4.93. The van der Waals surface area contributed by atoms with E-state index in [1.54, 1.807) is 0 Å². The smallest absolute Gasteiger partial charge is 0.272 e. The topological polar surface area (TPSA) is 83.8 Å². The first-order valence-electron chi connectivity index (χ1n) is 3.32. The molecule has 0 aromatic rings. The summed E-state index contributed by atoms with van der Waals surface area (Å²) < 4.78 is 33.6. The van der Waals surface area contributed by atoms with Crippen molar-refractivity contribution in [2.24, 2.45) is 0 Å². The van der Waals surface area contributed by atoms with E-state index in [2.05, 4.69) is 4.74 Å². The van der Waals surface area contributed by atoms with E-state index in [1.807, 2.05) is 0 Å². The van der Waals surface area contributed by atoms with Crippen molar-refractivity contribution in [2.75, 3.05) is 5.75 Å². The number of aliphatic hydroxyl groups excluding tert-OH is 1. The zero-order valence-corrected chi connectivity index (χ0v) is 7.71. The molecule has 12 heavy (non-hydrogen) atoms. The van der Waals surface area contributed by atoms with Crippen molar-refractivity contribution in [1.29, 1.82) is 0 Å². The number of hydrogen-bond acceptors (Lipinski definition) is 4. The Labute approximate surface area is 71.4 Å². The van der Waals surface area contributed by atoms with Gasteiger partial charge in [-0.1, -0.05) is 0 Å². The third-order valence-corrected chi connectivity index (χ3v) is 1.90. The van der Waals surface area contributed by atoms with E-state index < -0.39 is 22.0 Å². The van der Waals surface area contributed by atoms with Crippen LogP contribution in [-0.4, -0.2) is 29.9 Å². The summed E-state index contributed by atoms with van der Waals surface area (Å²) in [4.78, 5) is 0. The Kier molecular flexibility index (Phi) is 4.05. The van der Waals surface area contributed by atoms with E-state index >= 15 is 0 Å². The van der Waals surface area contributed by atoms with Gasteiger partial charge in [-0.05, 0) is 19.9 Å². The van der Waals surface area contributed by atoms with Crippen molar-refractivity contribution in [1.82, 2.24) is 0 Å². The predicted molar refractivity (Wildman–Crippen MR) is 43.3 cm³/mol. The summed E-state index contributed by atoms with van der Waals surface area (Å²) in [6.07, 6.45) is 0.511. The van der Waals surface area contributed by atoms with Gasteiger partial charge in [0, 0.05) is 0 Å². The maximum atomic E-state index is 10.3. The van der Waals surface area contributed by atoms with Gasteiger partial charge in [0.1, 0.15) is 11.9 Å². The molecule has 0 aliphatic carbocycles. The fourth-order valence-electron chi connectivity index (χ4n) is 0.605. The van der Waals surface area contributed by atoms with Gasteiger partial charge in [0.2, 0.25) is 0 Å². The van der Waals surface area contributed by atoms with Crippen LogP contribution in [0.15, 0.2) is 12.0 Å². The molecule has 0 saturated heterocycles.